The van der Waals surface area contributed by atoms with Crippen molar-refractivity contribution >= 4 is 17.6 Å². The molecule has 0 aliphatic heterocycles. The Kier molecular flexibility index (Phi) is 4.39. The number of nitrogens with zero attached hydrogens (tertiary/aromatic N) is 1. The van der Waals surface area contributed by atoms with Crippen LogP contribution in [0.3, 0.4) is 0 Å². The molecule has 1 aromatic heterocycles. The van der Waals surface area contributed by atoms with Gasteiger partial charge in [0.2, 0.25) is 11.7 Å². The summed E-state index contributed by atoms with van der Waals surface area (Å²) in [6, 6.07) is 4.50. The number of rotatable bonds is 4. The van der Waals surface area contributed by atoms with Crippen molar-refractivity contribution in [2.45, 2.75) is 19.8 Å². The van der Waals surface area contributed by atoms with Gasteiger partial charge in [-0.25, -0.2) is 14.2 Å². The summed E-state index contributed by atoms with van der Waals surface area (Å²) in [6.07, 6.45) is 1.31. The smallest absolute Gasteiger partial charge is 0.376 e. The minimum absolute atomic E-state index is 0.00345. The van der Waals surface area contributed by atoms with E-state index in [0.717, 1.165) is 6.42 Å². The first-order valence-electron chi connectivity index (χ1n) is 6.10. The number of oxazole rings is 1. The SMILES string of the molecule is CCCc1nc(-c2cccc(Cl)c2F)oc1C(=O)OC. The third-order valence-electron chi connectivity index (χ3n) is 2.74. The summed E-state index contributed by atoms with van der Waals surface area (Å²) in [4.78, 5) is 15.8. The molecule has 4 nitrogen and oxygen atoms in total. The van der Waals surface area contributed by atoms with Crippen LogP contribution in [0.25, 0.3) is 11.5 Å². The Morgan fingerprint density at radius 2 is 2.25 bits per heavy atom. The standard InChI is InChI=1S/C14H13ClFNO3/c1-3-5-10-12(14(18)19-2)20-13(17-10)8-6-4-7-9(15)11(8)16/h4,6-7H,3,5H2,1-2H3. The van der Waals surface area contributed by atoms with Gasteiger partial charge in [-0.2, -0.15) is 0 Å². The van der Waals surface area contributed by atoms with E-state index < -0.39 is 11.8 Å². The van der Waals surface area contributed by atoms with E-state index in [9.17, 15) is 9.18 Å². The topological polar surface area (TPSA) is 52.3 Å². The Morgan fingerprint density at radius 1 is 1.50 bits per heavy atom. The minimum atomic E-state index is -0.630. The number of ether oxygens (including phenoxy) is 1. The number of benzene rings is 1. The van der Waals surface area contributed by atoms with Crippen molar-refractivity contribution in [1.29, 1.82) is 0 Å². The second-order valence-corrected chi connectivity index (χ2v) is 4.54. The maximum absolute atomic E-state index is 13.9. The molecule has 0 unspecified atom stereocenters. The predicted molar refractivity (Wildman–Crippen MR) is 72.2 cm³/mol. The molecule has 2 aromatic rings. The Balaban J connectivity index is 2.52. The molecule has 0 saturated heterocycles. The fourth-order valence-corrected chi connectivity index (χ4v) is 1.97. The zero-order valence-corrected chi connectivity index (χ0v) is 11.8. The first-order valence-corrected chi connectivity index (χ1v) is 6.48. The van der Waals surface area contributed by atoms with Gasteiger partial charge in [0.05, 0.1) is 23.4 Å². The maximum atomic E-state index is 13.9. The molecule has 0 N–H and O–H groups in total. The van der Waals surface area contributed by atoms with E-state index in [2.05, 4.69) is 9.72 Å². The van der Waals surface area contributed by atoms with Crippen LogP contribution < -0.4 is 0 Å². The van der Waals surface area contributed by atoms with Crippen LogP contribution in [0.5, 0.6) is 0 Å². The third kappa shape index (κ3) is 2.67. The van der Waals surface area contributed by atoms with Gasteiger partial charge in [0.1, 0.15) is 0 Å². The normalized spacial score (nSPS) is 10.6. The molecule has 0 aliphatic carbocycles. The summed E-state index contributed by atoms with van der Waals surface area (Å²) in [5.41, 5.74) is 0.568. The monoisotopic (exact) mass is 297 g/mol. The number of aryl methyl sites for hydroxylation is 1. The average Bonchev–Trinajstić information content (AvgIpc) is 2.85. The van der Waals surface area contributed by atoms with Gasteiger partial charge in [0, 0.05) is 0 Å². The van der Waals surface area contributed by atoms with Gasteiger partial charge in [-0.05, 0) is 18.6 Å². The van der Waals surface area contributed by atoms with Crippen molar-refractivity contribution in [2.75, 3.05) is 7.11 Å². The molecule has 6 heteroatoms. The summed E-state index contributed by atoms with van der Waals surface area (Å²) in [5.74, 6) is -1.23. The number of aromatic nitrogens is 1. The van der Waals surface area contributed by atoms with E-state index in [4.69, 9.17) is 16.0 Å². The van der Waals surface area contributed by atoms with Crippen LogP contribution in [0, 0.1) is 5.82 Å². The highest BCUT2D eigenvalue weighted by atomic mass is 35.5. The Bertz CT molecular complexity index is 639. The number of hydrogen-bond acceptors (Lipinski definition) is 4. The minimum Gasteiger partial charge on any atom is -0.463 e. The lowest BCUT2D eigenvalue weighted by molar-refractivity contribution is 0.0564. The summed E-state index contributed by atoms with van der Waals surface area (Å²) in [5, 5.41) is -0.0302. The first-order chi connectivity index (χ1) is 9.58. The van der Waals surface area contributed by atoms with Crippen LogP contribution in [0.1, 0.15) is 29.6 Å². The van der Waals surface area contributed by atoms with Crippen molar-refractivity contribution in [3.63, 3.8) is 0 Å². The van der Waals surface area contributed by atoms with E-state index in [-0.39, 0.29) is 22.2 Å². The second kappa shape index (κ2) is 6.05. The fraction of sp³-hybridized carbons (Fsp3) is 0.286. The van der Waals surface area contributed by atoms with Crippen LogP contribution in [0.15, 0.2) is 22.6 Å². The van der Waals surface area contributed by atoms with Crippen molar-refractivity contribution < 1.29 is 18.3 Å². The van der Waals surface area contributed by atoms with Gasteiger partial charge in [0.15, 0.2) is 5.82 Å². The number of hydrogen-bond donors (Lipinski definition) is 0. The van der Waals surface area contributed by atoms with Gasteiger partial charge in [-0.1, -0.05) is 31.0 Å². The van der Waals surface area contributed by atoms with E-state index in [1.165, 1.54) is 19.2 Å². The zero-order valence-electron chi connectivity index (χ0n) is 11.1. The summed E-state index contributed by atoms with van der Waals surface area (Å²) < 4.78 is 23.9. The molecule has 1 heterocycles. The van der Waals surface area contributed by atoms with Crippen LogP contribution in [0.4, 0.5) is 4.39 Å². The lowest BCUT2D eigenvalue weighted by Gasteiger charge is -1.99. The molecular formula is C14H13ClFNO3. The highest BCUT2D eigenvalue weighted by molar-refractivity contribution is 6.31. The first kappa shape index (κ1) is 14.5. The van der Waals surface area contributed by atoms with Gasteiger partial charge < -0.3 is 9.15 Å². The van der Waals surface area contributed by atoms with Crippen molar-refractivity contribution in [3.05, 3.63) is 40.5 Å². The van der Waals surface area contributed by atoms with Gasteiger partial charge in [-0.3, -0.25) is 0 Å². The lowest BCUT2D eigenvalue weighted by atomic mass is 10.2. The molecule has 0 aliphatic rings. The lowest BCUT2D eigenvalue weighted by Crippen LogP contribution is -2.03. The number of halogens is 2. The number of esters is 1. The van der Waals surface area contributed by atoms with E-state index in [1.54, 1.807) is 6.07 Å². The summed E-state index contributed by atoms with van der Waals surface area (Å²) in [7, 11) is 1.25. The van der Waals surface area contributed by atoms with E-state index in [0.29, 0.717) is 12.1 Å². The highest BCUT2D eigenvalue weighted by Gasteiger charge is 2.23. The Labute approximate surface area is 120 Å². The fourth-order valence-electron chi connectivity index (χ4n) is 1.79. The van der Waals surface area contributed by atoms with Gasteiger partial charge in [0.25, 0.3) is 0 Å². The summed E-state index contributed by atoms with van der Waals surface area (Å²) >= 11 is 5.73. The number of carbonyl (C=O) groups excluding carboxylic acids is 1. The Hall–Kier alpha value is -1.88. The van der Waals surface area contributed by atoms with Crippen LogP contribution in [-0.4, -0.2) is 18.1 Å². The Morgan fingerprint density at radius 3 is 2.90 bits per heavy atom. The van der Waals surface area contributed by atoms with Gasteiger partial charge >= 0.3 is 5.97 Å². The van der Waals surface area contributed by atoms with Crippen molar-refractivity contribution in [1.82, 2.24) is 4.98 Å². The molecule has 106 valence electrons. The molecule has 20 heavy (non-hydrogen) atoms. The van der Waals surface area contributed by atoms with Crippen LogP contribution >= 0.6 is 11.6 Å². The molecule has 0 bridgehead atoms. The second-order valence-electron chi connectivity index (χ2n) is 4.14. The molecule has 0 spiro atoms. The van der Waals surface area contributed by atoms with E-state index >= 15 is 0 Å². The third-order valence-corrected chi connectivity index (χ3v) is 3.03. The largest absolute Gasteiger partial charge is 0.463 e. The summed E-state index contributed by atoms with van der Waals surface area (Å²) in [6.45, 7) is 1.94. The van der Waals surface area contributed by atoms with Gasteiger partial charge in [-0.15, -0.1) is 0 Å². The van der Waals surface area contributed by atoms with E-state index in [1.807, 2.05) is 6.92 Å². The molecule has 2 rings (SSSR count). The zero-order chi connectivity index (χ0) is 14.7. The average molecular weight is 298 g/mol. The molecule has 1 aromatic carbocycles. The van der Waals surface area contributed by atoms with Crippen LogP contribution in [0.2, 0.25) is 5.02 Å². The molecule has 0 amide bonds. The van der Waals surface area contributed by atoms with Crippen molar-refractivity contribution in [2.24, 2.45) is 0 Å². The molecule has 0 saturated carbocycles. The predicted octanol–water partition coefficient (Wildman–Crippen LogP) is 3.87. The maximum Gasteiger partial charge on any atom is 0.376 e. The number of methoxy groups -OCH3 is 1. The van der Waals surface area contributed by atoms with Crippen molar-refractivity contribution in [3.8, 4) is 11.5 Å². The molecular weight excluding hydrogens is 285 g/mol. The molecule has 0 fully saturated rings. The quantitative estimate of drug-likeness (QED) is 0.804. The highest BCUT2D eigenvalue weighted by Crippen LogP contribution is 2.29. The van der Waals surface area contributed by atoms with Crippen LogP contribution in [-0.2, 0) is 11.2 Å². The number of carbonyl (C=O) groups is 1. The molecule has 0 radical (unpaired) electrons. The molecule has 0 atom stereocenters.